The SMILES string of the molecule is COc1ccccc1N1CC(C(=O)N(C)Cc2ccccc2F)CC1=O. The van der Waals surface area contributed by atoms with Crippen LogP contribution < -0.4 is 9.64 Å². The van der Waals surface area contributed by atoms with Gasteiger partial charge in [0, 0.05) is 32.1 Å². The Kier molecular flexibility index (Phi) is 5.21. The summed E-state index contributed by atoms with van der Waals surface area (Å²) in [7, 11) is 3.18. The predicted molar refractivity (Wildman–Crippen MR) is 96.3 cm³/mol. The highest BCUT2D eigenvalue weighted by molar-refractivity contribution is 6.01. The summed E-state index contributed by atoms with van der Waals surface area (Å²) in [6.07, 6.45) is 0.137. The van der Waals surface area contributed by atoms with Gasteiger partial charge in [0.1, 0.15) is 11.6 Å². The molecule has 0 bridgehead atoms. The van der Waals surface area contributed by atoms with E-state index in [4.69, 9.17) is 4.74 Å². The highest BCUT2D eigenvalue weighted by Gasteiger charge is 2.37. The fraction of sp³-hybridized carbons (Fsp3) is 0.300. The minimum Gasteiger partial charge on any atom is -0.495 e. The Morgan fingerprint density at radius 2 is 1.92 bits per heavy atom. The summed E-state index contributed by atoms with van der Waals surface area (Å²) >= 11 is 0. The van der Waals surface area contributed by atoms with Gasteiger partial charge in [-0.3, -0.25) is 9.59 Å². The maximum Gasteiger partial charge on any atom is 0.228 e. The van der Waals surface area contributed by atoms with Crippen LogP contribution in [0.4, 0.5) is 10.1 Å². The van der Waals surface area contributed by atoms with Crippen LogP contribution in [0.2, 0.25) is 0 Å². The van der Waals surface area contributed by atoms with Crippen molar-refractivity contribution in [2.45, 2.75) is 13.0 Å². The molecule has 2 aromatic carbocycles. The number of rotatable bonds is 5. The zero-order valence-electron chi connectivity index (χ0n) is 14.8. The lowest BCUT2D eigenvalue weighted by Gasteiger charge is -2.22. The zero-order valence-corrected chi connectivity index (χ0v) is 14.8. The summed E-state index contributed by atoms with van der Waals surface area (Å²) in [5.74, 6) is -0.491. The molecule has 26 heavy (non-hydrogen) atoms. The molecule has 1 heterocycles. The summed E-state index contributed by atoms with van der Waals surface area (Å²) in [5.41, 5.74) is 1.11. The molecular weight excluding hydrogens is 335 g/mol. The minimum absolute atomic E-state index is 0.118. The highest BCUT2D eigenvalue weighted by atomic mass is 19.1. The van der Waals surface area contributed by atoms with Crippen LogP contribution in [-0.4, -0.2) is 37.4 Å². The number of amides is 2. The molecule has 3 rings (SSSR count). The second-order valence-corrected chi connectivity index (χ2v) is 6.36. The quantitative estimate of drug-likeness (QED) is 0.828. The summed E-state index contributed by atoms with van der Waals surface area (Å²) in [4.78, 5) is 28.2. The van der Waals surface area contributed by atoms with E-state index in [2.05, 4.69) is 0 Å². The fourth-order valence-corrected chi connectivity index (χ4v) is 3.23. The monoisotopic (exact) mass is 356 g/mol. The van der Waals surface area contributed by atoms with Crippen LogP contribution in [0.3, 0.4) is 0 Å². The largest absolute Gasteiger partial charge is 0.495 e. The van der Waals surface area contributed by atoms with Gasteiger partial charge in [0.2, 0.25) is 11.8 Å². The molecule has 1 fully saturated rings. The van der Waals surface area contributed by atoms with Gasteiger partial charge in [-0.15, -0.1) is 0 Å². The normalized spacial score (nSPS) is 16.7. The number of methoxy groups -OCH3 is 1. The third kappa shape index (κ3) is 3.54. The second kappa shape index (κ2) is 7.56. The molecule has 0 N–H and O–H groups in total. The van der Waals surface area contributed by atoms with Crippen molar-refractivity contribution >= 4 is 17.5 Å². The number of hydrogen-bond acceptors (Lipinski definition) is 3. The first-order chi connectivity index (χ1) is 12.5. The molecule has 136 valence electrons. The number of ether oxygens (including phenoxy) is 1. The van der Waals surface area contributed by atoms with Gasteiger partial charge in [-0.2, -0.15) is 0 Å². The number of carbonyl (C=O) groups excluding carboxylic acids is 2. The van der Waals surface area contributed by atoms with Gasteiger partial charge < -0.3 is 14.5 Å². The molecule has 1 atom stereocenters. The number of halogens is 1. The standard InChI is InChI=1S/C20H21FN2O3/c1-22(12-14-7-3-4-8-16(14)21)20(25)15-11-19(24)23(13-15)17-9-5-6-10-18(17)26-2/h3-10,15H,11-13H2,1-2H3. The number of nitrogens with zero attached hydrogens (tertiary/aromatic N) is 2. The third-order valence-electron chi connectivity index (χ3n) is 4.59. The van der Waals surface area contributed by atoms with E-state index in [0.717, 1.165) is 0 Å². The predicted octanol–water partition coefficient (Wildman–Crippen LogP) is 2.85. The minimum atomic E-state index is -0.454. The van der Waals surface area contributed by atoms with Crippen molar-refractivity contribution in [3.63, 3.8) is 0 Å². The van der Waals surface area contributed by atoms with E-state index in [1.807, 2.05) is 12.1 Å². The van der Waals surface area contributed by atoms with E-state index >= 15 is 0 Å². The molecule has 1 saturated heterocycles. The number of anilines is 1. The van der Waals surface area contributed by atoms with Gasteiger partial charge >= 0.3 is 0 Å². The lowest BCUT2D eigenvalue weighted by Crippen LogP contribution is -2.34. The van der Waals surface area contributed by atoms with Crippen molar-refractivity contribution in [2.75, 3.05) is 25.6 Å². The maximum atomic E-state index is 13.8. The van der Waals surface area contributed by atoms with E-state index < -0.39 is 5.92 Å². The van der Waals surface area contributed by atoms with Gasteiger partial charge in [0.25, 0.3) is 0 Å². The number of benzene rings is 2. The molecule has 0 saturated carbocycles. The molecule has 0 radical (unpaired) electrons. The van der Waals surface area contributed by atoms with E-state index in [9.17, 15) is 14.0 Å². The first-order valence-corrected chi connectivity index (χ1v) is 8.43. The molecule has 2 amide bonds. The van der Waals surface area contributed by atoms with Crippen molar-refractivity contribution in [1.29, 1.82) is 0 Å². The molecule has 2 aromatic rings. The van der Waals surface area contributed by atoms with Crippen LogP contribution in [0.5, 0.6) is 5.75 Å². The van der Waals surface area contributed by atoms with E-state index in [1.165, 1.54) is 11.0 Å². The Morgan fingerprint density at radius 3 is 2.65 bits per heavy atom. The van der Waals surface area contributed by atoms with Crippen molar-refractivity contribution in [3.8, 4) is 5.75 Å². The number of carbonyl (C=O) groups is 2. The average molecular weight is 356 g/mol. The Hall–Kier alpha value is -2.89. The van der Waals surface area contributed by atoms with E-state index in [-0.39, 0.29) is 30.6 Å². The first kappa shape index (κ1) is 17.9. The first-order valence-electron chi connectivity index (χ1n) is 8.43. The van der Waals surface area contributed by atoms with Crippen LogP contribution in [0, 0.1) is 11.7 Å². The Morgan fingerprint density at radius 1 is 1.23 bits per heavy atom. The summed E-state index contributed by atoms with van der Waals surface area (Å²) in [5, 5.41) is 0. The maximum absolute atomic E-state index is 13.8. The summed E-state index contributed by atoms with van der Waals surface area (Å²) < 4.78 is 19.1. The van der Waals surface area contributed by atoms with Crippen LogP contribution in [0.15, 0.2) is 48.5 Å². The lowest BCUT2D eigenvalue weighted by atomic mass is 10.1. The Bertz CT molecular complexity index is 824. The molecule has 5 nitrogen and oxygen atoms in total. The second-order valence-electron chi connectivity index (χ2n) is 6.36. The molecular formula is C20H21FN2O3. The van der Waals surface area contributed by atoms with Crippen LogP contribution in [0.25, 0.3) is 0 Å². The average Bonchev–Trinajstić information content (AvgIpc) is 3.04. The van der Waals surface area contributed by atoms with Crippen LogP contribution in [0.1, 0.15) is 12.0 Å². The summed E-state index contributed by atoms with van der Waals surface area (Å²) in [6.45, 7) is 0.463. The molecule has 1 unspecified atom stereocenters. The van der Waals surface area contributed by atoms with E-state index in [1.54, 1.807) is 49.4 Å². The lowest BCUT2D eigenvalue weighted by molar-refractivity contribution is -0.135. The van der Waals surface area contributed by atoms with Crippen molar-refractivity contribution in [2.24, 2.45) is 5.92 Å². The molecule has 0 aromatic heterocycles. The molecule has 1 aliphatic rings. The van der Waals surface area contributed by atoms with Crippen molar-refractivity contribution < 1.29 is 18.7 Å². The van der Waals surface area contributed by atoms with Crippen LogP contribution in [-0.2, 0) is 16.1 Å². The van der Waals surface area contributed by atoms with Gasteiger partial charge in [0.05, 0.1) is 18.7 Å². The molecule has 0 spiro atoms. The molecule has 6 heteroatoms. The van der Waals surface area contributed by atoms with Gasteiger partial charge in [-0.25, -0.2) is 4.39 Å². The smallest absolute Gasteiger partial charge is 0.228 e. The topological polar surface area (TPSA) is 49.9 Å². The highest BCUT2D eigenvalue weighted by Crippen LogP contribution is 2.33. The zero-order chi connectivity index (χ0) is 18.7. The summed E-state index contributed by atoms with van der Waals surface area (Å²) in [6, 6.07) is 13.6. The fourth-order valence-electron chi connectivity index (χ4n) is 3.23. The number of para-hydroxylation sites is 2. The third-order valence-corrected chi connectivity index (χ3v) is 4.59. The number of hydrogen-bond donors (Lipinski definition) is 0. The van der Waals surface area contributed by atoms with Gasteiger partial charge in [-0.1, -0.05) is 30.3 Å². The van der Waals surface area contributed by atoms with Gasteiger partial charge in [0.15, 0.2) is 0 Å². The molecule has 0 aliphatic carbocycles. The van der Waals surface area contributed by atoms with Crippen LogP contribution >= 0.6 is 0 Å². The Balaban J connectivity index is 1.71. The van der Waals surface area contributed by atoms with Crippen molar-refractivity contribution in [1.82, 2.24) is 4.90 Å². The molecule has 1 aliphatic heterocycles. The van der Waals surface area contributed by atoms with Crippen molar-refractivity contribution in [3.05, 3.63) is 59.9 Å². The van der Waals surface area contributed by atoms with E-state index in [0.29, 0.717) is 23.5 Å². The van der Waals surface area contributed by atoms with Gasteiger partial charge in [-0.05, 0) is 18.2 Å². The Labute approximate surface area is 152 Å².